The zero-order valence-electron chi connectivity index (χ0n) is 10.6. The third kappa shape index (κ3) is 2.30. The number of likely N-dealkylation sites (tertiary alicyclic amines) is 1. The maximum atomic E-state index is 12.5. The molecule has 1 saturated heterocycles. The van der Waals surface area contributed by atoms with Crippen LogP contribution in [-0.4, -0.2) is 39.0 Å². The molecule has 1 aromatic rings. The SMILES string of the molecule is CCC1(C(=O)O)CCCN1C(=O)c1ccnc(Cl)c1. The van der Waals surface area contributed by atoms with Crippen LogP contribution in [0.4, 0.5) is 0 Å². The topological polar surface area (TPSA) is 70.5 Å². The highest BCUT2D eigenvalue weighted by atomic mass is 35.5. The van der Waals surface area contributed by atoms with Crippen LogP contribution in [0.15, 0.2) is 18.3 Å². The molecule has 0 spiro atoms. The van der Waals surface area contributed by atoms with Crippen molar-refractivity contribution in [2.45, 2.75) is 31.7 Å². The first kappa shape index (κ1) is 13.8. The number of hydrogen-bond donors (Lipinski definition) is 1. The van der Waals surface area contributed by atoms with Crippen molar-refractivity contribution in [2.24, 2.45) is 0 Å². The highest BCUT2D eigenvalue weighted by Crippen LogP contribution is 2.34. The number of carbonyl (C=O) groups is 2. The molecule has 2 rings (SSSR count). The number of hydrogen-bond acceptors (Lipinski definition) is 3. The fourth-order valence-electron chi connectivity index (χ4n) is 2.61. The molecule has 1 N–H and O–H groups in total. The van der Waals surface area contributed by atoms with Crippen molar-refractivity contribution < 1.29 is 14.7 Å². The zero-order valence-corrected chi connectivity index (χ0v) is 11.4. The number of nitrogens with zero attached hydrogens (tertiary/aromatic N) is 2. The van der Waals surface area contributed by atoms with Gasteiger partial charge in [0.2, 0.25) is 0 Å². The van der Waals surface area contributed by atoms with Gasteiger partial charge in [-0.2, -0.15) is 0 Å². The summed E-state index contributed by atoms with van der Waals surface area (Å²) in [5.74, 6) is -1.24. The number of halogens is 1. The highest BCUT2D eigenvalue weighted by molar-refractivity contribution is 6.29. The summed E-state index contributed by atoms with van der Waals surface area (Å²) in [6, 6.07) is 3.01. The molecule has 0 aromatic carbocycles. The number of aromatic nitrogens is 1. The van der Waals surface area contributed by atoms with Crippen LogP contribution >= 0.6 is 11.6 Å². The Morgan fingerprint density at radius 2 is 2.32 bits per heavy atom. The van der Waals surface area contributed by atoms with Gasteiger partial charge in [0.25, 0.3) is 5.91 Å². The van der Waals surface area contributed by atoms with Gasteiger partial charge in [0.05, 0.1) is 0 Å². The molecule has 0 aliphatic carbocycles. The van der Waals surface area contributed by atoms with Gasteiger partial charge in [-0.05, 0) is 31.4 Å². The van der Waals surface area contributed by atoms with E-state index in [0.717, 1.165) is 0 Å². The molecule has 2 heterocycles. The van der Waals surface area contributed by atoms with Crippen molar-refractivity contribution in [1.82, 2.24) is 9.88 Å². The van der Waals surface area contributed by atoms with E-state index in [1.54, 1.807) is 13.0 Å². The van der Waals surface area contributed by atoms with Gasteiger partial charge in [-0.15, -0.1) is 0 Å². The number of carbonyl (C=O) groups excluding carboxylic acids is 1. The average Bonchev–Trinajstić information content (AvgIpc) is 2.82. The second kappa shape index (κ2) is 5.17. The quantitative estimate of drug-likeness (QED) is 0.863. The van der Waals surface area contributed by atoms with E-state index in [2.05, 4.69) is 4.98 Å². The fraction of sp³-hybridized carbons (Fsp3) is 0.462. The first-order valence-corrected chi connectivity index (χ1v) is 6.56. The average molecular weight is 283 g/mol. The van der Waals surface area contributed by atoms with Gasteiger partial charge in [-0.25, -0.2) is 9.78 Å². The number of carboxylic acid groups (broad SMARTS) is 1. The number of carboxylic acids is 1. The number of amides is 1. The summed E-state index contributed by atoms with van der Waals surface area (Å²) < 4.78 is 0. The Balaban J connectivity index is 2.35. The summed E-state index contributed by atoms with van der Waals surface area (Å²) in [5, 5.41) is 9.68. The summed E-state index contributed by atoms with van der Waals surface area (Å²) in [5.41, 5.74) is -0.715. The minimum Gasteiger partial charge on any atom is -0.479 e. The lowest BCUT2D eigenvalue weighted by molar-refractivity contribution is -0.148. The van der Waals surface area contributed by atoms with E-state index in [0.29, 0.717) is 31.4 Å². The standard InChI is InChI=1S/C13H15ClN2O3/c1-2-13(12(18)19)5-3-7-16(13)11(17)9-4-6-15-10(14)8-9/h4,6,8H,2-3,5,7H2,1H3,(H,18,19). The Morgan fingerprint density at radius 3 is 2.89 bits per heavy atom. The van der Waals surface area contributed by atoms with Crippen LogP contribution in [0.2, 0.25) is 5.15 Å². The van der Waals surface area contributed by atoms with E-state index in [1.165, 1.54) is 17.2 Å². The van der Waals surface area contributed by atoms with Crippen LogP contribution in [0, 0.1) is 0 Å². The molecule has 1 aromatic heterocycles. The number of rotatable bonds is 3. The van der Waals surface area contributed by atoms with Crippen LogP contribution in [0.3, 0.4) is 0 Å². The summed E-state index contributed by atoms with van der Waals surface area (Å²) in [6.07, 6.45) is 3.03. The lowest BCUT2D eigenvalue weighted by Gasteiger charge is -2.33. The monoisotopic (exact) mass is 282 g/mol. The van der Waals surface area contributed by atoms with Crippen LogP contribution in [0.1, 0.15) is 36.5 Å². The Bertz CT molecular complexity index is 520. The predicted molar refractivity (Wildman–Crippen MR) is 70.2 cm³/mol. The molecule has 1 amide bonds. The molecule has 0 bridgehead atoms. The third-order valence-electron chi connectivity index (χ3n) is 3.69. The van der Waals surface area contributed by atoms with Gasteiger partial charge in [0.15, 0.2) is 0 Å². The van der Waals surface area contributed by atoms with Crippen molar-refractivity contribution in [3.63, 3.8) is 0 Å². The van der Waals surface area contributed by atoms with Crippen molar-refractivity contribution in [2.75, 3.05) is 6.54 Å². The van der Waals surface area contributed by atoms with Crippen LogP contribution < -0.4 is 0 Å². The van der Waals surface area contributed by atoms with Crippen molar-refractivity contribution in [1.29, 1.82) is 0 Å². The zero-order chi connectivity index (χ0) is 14.0. The molecular formula is C13H15ClN2O3. The van der Waals surface area contributed by atoms with Crippen molar-refractivity contribution >= 4 is 23.5 Å². The van der Waals surface area contributed by atoms with E-state index in [1.807, 2.05) is 0 Å². The fourth-order valence-corrected chi connectivity index (χ4v) is 2.78. The predicted octanol–water partition coefficient (Wildman–Crippen LogP) is 2.20. The van der Waals surface area contributed by atoms with E-state index < -0.39 is 11.5 Å². The highest BCUT2D eigenvalue weighted by Gasteiger charge is 2.48. The third-order valence-corrected chi connectivity index (χ3v) is 3.90. The van der Waals surface area contributed by atoms with E-state index in [-0.39, 0.29) is 11.1 Å². The first-order valence-electron chi connectivity index (χ1n) is 6.18. The molecule has 5 nitrogen and oxygen atoms in total. The van der Waals surface area contributed by atoms with Gasteiger partial charge in [0.1, 0.15) is 10.7 Å². The molecule has 0 saturated carbocycles. The maximum absolute atomic E-state index is 12.5. The smallest absolute Gasteiger partial charge is 0.329 e. The first-order chi connectivity index (χ1) is 9.01. The summed E-state index contributed by atoms with van der Waals surface area (Å²) in [4.78, 5) is 29.3. The molecule has 1 fully saturated rings. The van der Waals surface area contributed by atoms with Crippen molar-refractivity contribution in [3.05, 3.63) is 29.0 Å². The molecule has 19 heavy (non-hydrogen) atoms. The largest absolute Gasteiger partial charge is 0.479 e. The van der Waals surface area contributed by atoms with Gasteiger partial charge in [-0.1, -0.05) is 18.5 Å². The minimum atomic E-state index is -1.09. The van der Waals surface area contributed by atoms with Gasteiger partial charge in [0, 0.05) is 18.3 Å². The van der Waals surface area contributed by atoms with E-state index in [4.69, 9.17) is 11.6 Å². The second-order valence-corrected chi connectivity index (χ2v) is 5.01. The van der Waals surface area contributed by atoms with Crippen LogP contribution in [0.25, 0.3) is 0 Å². The molecule has 1 aliphatic rings. The van der Waals surface area contributed by atoms with Gasteiger partial charge >= 0.3 is 5.97 Å². The molecule has 0 radical (unpaired) electrons. The van der Waals surface area contributed by atoms with Gasteiger partial charge in [-0.3, -0.25) is 4.79 Å². The van der Waals surface area contributed by atoms with E-state index in [9.17, 15) is 14.7 Å². The van der Waals surface area contributed by atoms with Crippen molar-refractivity contribution in [3.8, 4) is 0 Å². The maximum Gasteiger partial charge on any atom is 0.329 e. The number of aliphatic carboxylic acids is 1. The lowest BCUT2D eigenvalue weighted by atomic mass is 9.92. The molecule has 1 unspecified atom stereocenters. The van der Waals surface area contributed by atoms with Crippen LogP contribution in [-0.2, 0) is 4.79 Å². The molecular weight excluding hydrogens is 268 g/mol. The Hall–Kier alpha value is -1.62. The molecule has 102 valence electrons. The molecule has 1 atom stereocenters. The summed E-state index contributed by atoms with van der Waals surface area (Å²) in [7, 11) is 0. The van der Waals surface area contributed by atoms with Gasteiger partial charge < -0.3 is 10.0 Å². The Morgan fingerprint density at radius 1 is 1.58 bits per heavy atom. The molecule has 1 aliphatic heterocycles. The number of pyridine rings is 1. The Labute approximate surface area is 116 Å². The second-order valence-electron chi connectivity index (χ2n) is 4.62. The summed E-state index contributed by atoms with van der Waals surface area (Å²) in [6.45, 7) is 2.25. The Kier molecular flexibility index (Phi) is 3.75. The van der Waals surface area contributed by atoms with Crippen LogP contribution in [0.5, 0.6) is 0 Å². The lowest BCUT2D eigenvalue weighted by Crippen LogP contribution is -2.52. The van der Waals surface area contributed by atoms with E-state index >= 15 is 0 Å². The normalized spacial score (nSPS) is 22.5. The summed E-state index contributed by atoms with van der Waals surface area (Å²) >= 11 is 5.76. The molecule has 6 heteroatoms. The minimum absolute atomic E-state index is 0.225.